The van der Waals surface area contributed by atoms with E-state index >= 15 is 0 Å². The van der Waals surface area contributed by atoms with Gasteiger partial charge in [-0.25, -0.2) is 0 Å². The number of fused-ring (bicyclic) bond motifs is 1. The van der Waals surface area contributed by atoms with Gasteiger partial charge in [0.05, 0.1) is 13.7 Å². The van der Waals surface area contributed by atoms with Crippen molar-refractivity contribution < 1.29 is 9.84 Å². The summed E-state index contributed by atoms with van der Waals surface area (Å²) in [6.45, 7) is 3.01. The SMILES string of the molecule is CCn1c(CO)cc2cc(OC)ccc21. The second-order valence-electron chi connectivity index (χ2n) is 3.46. The zero-order valence-electron chi connectivity index (χ0n) is 9.03. The first-order chi connectivity index (χ1) is 7.30. The molecule has 3 nitrogen and oxygen atoms in total. The van der Waals surface area contributed by atoms with Crippen molar-refractivity contribution in [3.05, 3.63) is 30.0 Å². The van der Waals surface area contributed by atoms with Crippen molar-refractivity contribution in [2.45, 2.75) is 20.1 Å². The lowest BCUT2D eigenvalue weighted by Crippen LogP contribution is -1.99. The van der Waals surface area contributed by atoms with Gasteiger partial charge in [-0.15, -0.1) is 0 Å². The number of aliphatic hydroxyl groups is 1. The fraction of sp³-hybridized carbons (Fsp3) is 0.333. The summed E-state index contributed by atoms with van der Waals surface area (Å²) in [6, 6.07) is 7.95. The topological polar surface area (TPSA) is 34.4 Å². The van der Waals surface area contributed by atoms with Crippen molar-refractivity contribution in [2.24, 2.45) is 0 Å². The van der Waals surface area contributed by atoms with Crippen LogP contribution in [0.25, 0.3) is 10.9 Å². The Hall–Kier alpha value is -1.48. The summed E-state index contributed by atoms with van der Waals surface area (Å²) < 4.78 is 7.27. The first-order valence-electron chi connectivity index (χ1n) is 5.07. The number of aromatic nitrogens is 1. The van der Waals surface area contributed by atoms with E-state index in [9.17, 15) is 5.11 Å². The first kappa shape index (κ1) is 10.1. The zero-order chi connectivity index (χ0) is 10.8. The van der Waals surface area contributed by atoms with Crippen LogP contribution in [0.4, 0.5) is 0 Å². The highest BCUT2D eigenvalue weighted by molar-refractivity contribution is 5.82. The largest absolute Gasteiger partial charge is 0.497 e. The number of aryl methyl sites for hydroxylation is 1. The average molecular weight is 205 g/mol. The maximum atomic E-state index is 9.22. The molecule has 0 bridgehead atoms. The van der Waals surface area contributed by atoms with Crippen molar-refractivity contribution in [1.82, 2.24) is 4.57 Å². The van der Waals surface area contributed by atoms with E-state index in [0.29, 0.717) is 0 Å². The summed E-state index contributed by atoms with van der Waals surface area (Å²) in [4.78, 5) is 0. The molecule has 0 saturated carbocycles. The second kappa shape index (κ2) is 3.95. The number of rotatable bonds is 3. The quantitative estimate of drug-likeness (QED) is 0.833. The van der Waals surface area contributed by atoms with Crippen LogP contribution in [-0.2, 0) is 13.2 Å². The molecule has 0 aliphatic rings. The van der Waals surface area contributed by atoms with E-state index in [1.54, 1.807) is 7.11 Å². The van der Waals surface area contributed by atoms with Crippen LogP contribution in [0.3, 0.4) is 0 Å². The molecule has 1 heterocycles. The molecule has 15 heavy (non-hydrogen) atoms. The molecule has 0 atom stereocenters. The van der Waals surface area contributed by atoms with Crippen molar-refractivity contribution >= 4 is 10.9 Å². The number of aliphatic hydroxyl groups excluding tert-OH is 1. The first-order valence-corrected chi connectivity index (χ1v) is 5.07. The summed E-state index contributed by atoms with van der Waals surface area (Å²) in [5, 5.41) is 10.3. The van der Waals surface area contributed by atoms with E-state index in [2.05, 4.69) is 11.5 Å². The molecule has 1 N–H and O–H groups in total. The molecule has 3 heteroatoms. The van der Waals surface area contributed by atoms with Crippen LogP contribution in [0, 0.1) is 0 Å². The molecule has 0 amide bonds. The van der Waals surface area contributed by atoms with E-state index in [4.69, 9.17) is 4.74 Å². The lowest BCUT2D eigenvalue weighted by Gasteiger charge is -2.05. The Morgan fingerprint density at radius 2 is 2.13 bits per heavy atom. The molecule has 0 aliphatic heterocycles. The summed E-state index contributed by atoms with van der Waals surface area (Å²) in [6.07, 6.45) is 0. The van der Waals surface area contributed by atoms with Gasteiger partial charge in [0, 0.05) is 23.1 Å². The van der Waals surface area contributed by atoms with E-state index in [1.165, 1.54) is 0 Å². The summed E-state index contributed by atoms with van der Waals surface area (Å²) in [5.41, 5.74) is 2.09. The molecule has 2 rings (SSSR count). The number of ether oxygens (including phenoxy) is 1. The summed E-state index contributed by atoms with van der Waals surface area (Å²) in [7, 11) is 1.66. The maximum Gasteiger partial charge on any atom is 0.119 e. The summed E-state index contributed by atoms with van der Waals surface area (Å²) in [5.74, 6) is 0.847. The minimum absolute atomic E-state index is 0.0742. The van der Waals surface area contributed by atoms with Crippen LogP contribution in [0.5, 0.6) is 5.75 Å². The Bertz CT molecular complexity index is 474. The molecule has 2 aromatic rings. The van der Waals surface area contributed by atoms with Gasteiger partial charge < -0.3 is 14.4 Å². The van der Waals surface area contributed by atoms with Crippen LogP contribution in [0.15, 0.2) is 24.3 Å². The number of nitrogens with zero attached hydrogens (tertiary/aromatic N) is 1. The Kier molecular flexibility index (Phi) is 2.64. The van der Waals surface area contributed by atoms with Crippen LogP contribution >= 0.6 is 0 Å². The Balaban J connectivity index is 2.65. The van der Waals surface area contributed by atoms with Crippen LogP contribution < -0.4 is 4.74 Å². The molecule has 0 unspecified atom stereocenters. The molecule has 0 aliphatic carbocycles. The Morgan fingerprint density at radius 3 is 2.73 bits per heavy atom. The smallest absolute Gasteiger partial charge is 0.119 e. The minimum atomic E-state index is 0.0742. The van der Waals surface area contributed by atoms with Gasteiger partial charge in [0.1, 0.15) is 5.75 Å². The van der Waals surface area contributed by atoms with Gasteiger partial charge in [-0.2, -0.15) is 0 Å². The molecule has 1 aromatic carbocycles. The number of benzene rings is 1. The van der Waals surface area contributed by atoms with Gasteiger partial charge >= 0.3 is 0 Å². The monoisotopic (exact) mass is 205 g/mol. The maximum absolute atomic E-state index is 9.22. The molecule has 0 spiro atoms. The molecule has 0 saturated heterocycles. The van der Waals surface area contributed by atoms with Gasteiger partial charge in [0.25, 0.3) is 0 Å². The van der Waals surface area contributed by atoms with E-state index in [-0.39, 0.29) is 6.61 Å². The van der Waals surface area contributed by atoms with Crippen molar-refractivity contribution in [2.75, 3.05) is 7.11 Å². The average Bonchev–Trinajstić information content (AvgIpc) is 2.65. The van der Waals surface area contributed by atoms with E-state index in [1.807, 2.05) is 24.3 Å². The standard InChI is InChI=1S/C12H15NO2/c1-3-13-10(8-14)6-9-7-11(15-2)4-5-12(9)13/h4-7,14H,3,8H2,1-2H3. The van der Waals surface area contributed by atoms with Crippen LogP contribution in [0.2, 0.25) is 0 Å². The lowest BCUT2D eigenvalue weighted by atomic mass is 10.2. The molecule has 1 aromatic heterocycles. The number of hydrogen-bond donors (Lipinski definition) is 1. The minimum Gasteiger partial charge on any atom is -0.497 e. The molecule has 0 radical (unpaired) electrons. The van der Waals surface area contributed by atoms with Gasteiger partial charge in [-0.05, 0) is 31.2 Å². The summed E-state index contributed by atoms with van der Waals surface area (Å²) >= 11 is 0. The lowest BCUT2D eigenvalue weighted by molar-refractivity contribution is 0.272. The van der Waals surface area contributed by atoms with Gasteiger partial charge in [-0.3, -0.25) is 0 Å². The second-order valence-corrected chi connectivity index (χ2v) is 3.46. The molecule has 80 valence electrons. The zero-order valence-corrected chi connectivity index (χ0v) is 9.03. The van der Waals surface area contributed by atoms with E-state index in [0.717, 1.165) is 28.9 Å². The Morgan fingerprint density at radius 1 is 1.33 bits per heavy atom. The predicted molar refractivity (Wildman–Crippen MR) is 60.1 cm³/mol. The highest BCUT2D eigenvalue weighted by Gasteiger charge is 2.06. The number of hydrogen-bond acceptors (Lipinski definition) is 2. The Labute approximate surface area is 88.9 Å². The van der Waals surface area contributed by atoms with Crippen molar-refractivity contribution in [3.63, 3.8) is 0 Å². The normalized spacial score (nSPS) is 10.9. The van der Waals surface area contributed by atoms with Crippen molar-refractivity contribution in [3.8, 4) is 5.75 Å². The molecular weight excluding hydrogens is 190 g/mol. The fourth-order valence-electron chi connectivity index (χ4n) is 1.94. The highest BCUT2D eigenvalue weighted by Crippen LogP contribution is 2.24. The fourth-order valence-corrected chi connectivity index (χ4v) is 1.94. The third-order valence-electron chi connectivity index (χ3n) is 2.67. The van der Waals surface area contributed by atoms with Gasteiger partial charge in [0.15, 0.2) is 0 Å². The highest BCUT2D eigenvalue weighted by atomic mass is 16.5. The van der Waals surface area contributed by atoms with Crippen molar-refractivity contribution in [1.29, 1.82) is 0 Å². The molecule has 0 fully saturated rings. The third-order valence-corrected chi connectivity index (χ3v) is 2.67. The predicted octanol–water partition coefficient (Wildman–Crippen LogP) is 2.16. The third kappa shape index (κ3) is 1.59. The molecular formula is C12H15NO2. The van der Waals surface area contributed by atoms with Gasteiger partial charge in [0.2, 0.25) is 0 Å². The van der Waals surface area contributed by atoms with E-state index < -0.39 is 0 Å². The van der Waals surface area contributed by atoms with Crippen LogP contribution in [-0.4, -0.2) is 16.8 Å². The van der Waals surface area contributed by atoms with Gasteiger partial charge in [-0.1, -0.05) is 0 Å². The number of methoxy groups -OCH3 is 1. The van der Waals surface area contributed by atoms with Crippen LogP contribution in [0.1, 0.15) is 12.6 Å².